The zero-order valence-electron chi connectivity index (χ0n) is 11.8. The van der Waals surface area contributed by atoms with E-state index < -0.39 is 0 Å². The molecule has 3 heteroatoms. The zero-order chi connectivity index (χ0) is 13.3. The van der Waals surface area contributed by atoms with Gasteiger partial charge in [-0.15, -0.1) is 0 Å². The molecular formula is C15H21N2S+. The number of aryl methyl sites for hydroxylation is 1. The summed E-state index contributed by atoms with van der Waals surface area (Å²) >= 11 is 1.90. The Bertz CT molecular complexity index is 538. The Balaban J connectivity index is 2.42. The summed E-state index contributed by atoms with van der Waals surface area (Å²) in [5.74, 6) is 0. The average Bonchev–Trinajstić information content (AvgIpc) is 2.66. The molecule has 0 saturated heterocycles. The fraction of sp³-hybridized carbons (Fsp3) is 0.400. The van der Waals surface area contributed by atoms with Crippen molar-refractivity contribution in [2.24, 2.45) is 7.05 Å². The van der Waals surface area contributed by atoms with Crippen LogP contribution in [0.1, 0.15) is 17.5 Å². The molecule has 0 radical (unpaired) electrons. The molecule has 0 atom stereocenters. The van der Waals surface area contributed by atoms with E-state index in [0.717, 1.165) is 6.42 Å². The van der Waals surface area contributed by atoms with Crippen molar-refractivity contribution in [3.05, 3.63) is 34.8 Å². The molecule has 0 fully saturated rings. The molecule has 1 aromatic carbocycles. The van der Waals surface area contributed by atoms with Crippen LogP contribution in [-0.4, -0.2) is 14.1 Å². The third-order valence-electron chi connectivity index (χ3n) is 3.38. The van der Waals surface area contributed by atoms with Gasteiger partial charge in [0.15, 0.2) is 5.69 Å². The first-order valence-corrected chi connectivity index (χ1v) is 7.12. The maximum atomic E-state index is 2.30. The van der Waals surface area contributed by atoms with E-state index in [1.807, 2.05) is 11.3 Å². The summed E-state index contributed by atoms with van der Waals surface area (Å²) in [6, 6.07) is 8.77. The SMILES string of the molecule is CCc1sc(-c2ccc(N(C)C)cc2)[n+](C)c1C. The summed E-state index contributed by atoms with van der Waals surface area (Å²) in [5, 5.41) is 1.34. The Labute approximate surface area is 114 Å². The number of nitrogens with zero attached hydrogens (tertiary/aromatic N) is 2. The normalized spacial score (nSPS) is 10.7. The van der Waals surface area contributed by atoms with Crippen molar-refractivity contribution in [1.29, 1.82) is 0 Å². The van der Waals surface area contributed by atoms with E-state index >= 15 is 0 Å². The third kappa shape index (κ3) is 2.27. The molecule has 96 valence electrons. The molecule has 0 spiro atoms. The quantitative estimate of drug-likeness (QED) is 0.770. The largest absolute Gasteiger partial charge is 0.378 e. The molecule has 0 saturated carbocycles. The van der Waals surface area contributed by atoms with Gasteiger partial charge in [-0.25, -0.2) is 0 Å². The maximum Gasteiger partial charge on any atom is 0.269 e. The first-order chi connectivity index (χ1) is 8.54. The predicted octanol–water partition coefficient (Wildman–Crippen LogP) is 3.18. The van der Waals surface area contributed by atoms with Crippen molar-refractivity contribution in [2.45, 2.75) is 20.3 Å². The maximum absolute atomic E-state index is 2.30. The second-order valence-corrected chi connectivity index (χ2v) is 5.85. The molecule has 0 amide bonds. The van der Waals surface area contributed by atoms with Crippen LogP contribution in [0, 0.1) is 6.92 Å². The summed E-state index contributed by atoms with van der Waals surface area (Å²) in [4.78, 5) is 3.60. The molecule has 1 aromatic heterocycles. The second kappa shape index (κ2) is 5.11. The molecule has 0 unspecified atom stereocenters. The van der Waals surface area contributed by atoms with Crippen molar-refractivity contribution in [1.82, 2.24) is 0 Å². The first-order valence-electron chi connectivity index (χ1n) is 6.30. The fourth-order valence-electron chi connectivity index (χ4n) is 2.08. The predicted molar refractivity (Wildman–Crippen MR) is 79.4 cm³/mol. The lowest BCUT2D eigenvalue weighted by Gasteiger charge is -2.11. The minimum Gasteiger partial charge on any atom is -0.378 e. The van der Waals surface area contributed by atoms with Gasteiger partial charge in [0.1, 0.15) is 7.05 Å². The van der Waals surface area contributed by atoms with E-state index in [0.29, 0.717) is 0 Å². The van der Waals surface area contributed by atoms with Crippen molar-refractivity contribution >= 4 is 17.0 Å². The van der Waals surface area contributed by atoms with Crippen LogP contribution >= 0.6 is 11.3 Å². The van der Waals surface area contributed by atoms with Gasteiger partial charge in [0.05, 0.1) is 10.4 Å². The van der Waals surface area contributed by atoms with E-state index in [4.69, 9.17) is 0 Å². The topological polar surface area (TPSA) is 7.12 Å². The highest BCUT2D eigenvalue weighted by Crippen LogP contribution is 2.27. The van der Waals surface area contributed by atoms with Gasteiger partial charge < -0.3 is 4.90 Å². The highest BCUT2D eigenvalue weighted by Gasteiger charge is 2.20. The van der Waals surface area contributed by atoms with Gasteiger partial charge in [0, 0.05) is 26.7 Å². The number of hydrogen-bond acceptors (Lipinski definition) is 2. The van der Waals surface area contributed by atoms with Gasteiger partial charge in [-0.1, -0.05) is 18.3 Å². The number of hydrogen-bond donors (Lipinski definition) is 0. The Kier molecular flexibility index (Phi) is 3.71. The minimum atomic E-state index is 1.11. The third-order valence-corrected chi connectivity index (χ3v) is 4.92. The van der Waals surface area contributed by atoms with Gasteiger partial charge in [0.25, 0.3) is 5.01 Å². The van der Waals surface area contributed by atoms with Crippen molar-refractivity contribution in [3.8, 4) is 10.6 Å². The first kappa shape index (κ1) is 13.1. The van der Waals surface area contributed by atoms with Gasteiger partial charge >= 0.3 is 0 Å². The molecular weight excluding hydrogens is 240 g/mol. The van der Waals surface area contributed by atoms with Crippen LogP contribution in [-0.2, 0) is 13.5 Å². The van der Waals surface area contributed by atoms with Gasteiger partial charge in [-0.05, 0) is 30.7 Å². The Morgan fingerprint density at radius 2 is 1.78 bits per heavy atom. The number of anilines is 1. The summed E-state index contributed by atoms with van der Waals surface area (Å²) < 4.78 is 2.30. The molecule has 18 heavy (non-hydrogen) atoms. The molecule has 0 aliphatic rings. The van der Waals surface area contributed by atoms with E-state index in [2.05, 4.69) is 68.7 Å². The summed E-state index contributed by atoms with van der Waals surface area (Å²) in [6.45, 7) is 4.42. The zero-order valence-corrected chi connectivity index (χ0v) is 12.6. The average molecular weight is 261 g/mol. The molecule has 0 bridgehead atoms. The number of thiazole rings is 1. The van der Waals surface area contributed by atoms with E-state index in [1.165, 1.54) is 26.8 Å². The van der Waals surface area contributed by atoms with Crippen molar-refractivity contribution in [3.63, 3.8) is 0 Å². The van der Waals surface area contributed by atoms with Crippen molar-refractivity contribution < 1.29 is 4.57 Å². The monoisotopic (exact) mass is 261 g/mol. The van der Waals surface area contributed by atoms with E-state index in [1.54, 1.807) is 0 Å². The van der Waals surface area contributed by atoms with Crippen molar-refractivity contribution in [2.75, 3.05) is 19.0 Å². The number of rotatable bonds is 3. The van der Waals surface area contributed by atoms with Gasteiger partial charge in [-0.3, -0.25) is 0 Å². The minimum absolute atomic E-state index is 1.11. The number of aromatic nitrogens is 1. The smallest absolute Gasteiger partial charge is 0.269 e. The van der Waals surface area contributed by atoms with Crippen LogP contribution in [0.5, 0.6) is 0 Å². The fourth-order valence-corrected chi connectivity index (χ4v) is 3.27. The van der Waals surface area contributed by atoms with Gasteiger partial charge in [-0.2, -0.15) is 4.57 Å². The second-order valence-electron chi connectivity index (χ2n) is 4.77. The highest BCUT2D eigenvalue weighted by molar-refractivity contribution is 7.14. The lowest BCUT2D eigenvalue weighted by atomic mass is 10.2. The van der Waals surface area contributed by atoms with Crippen LogP contribution < -0.4 is 9.47 Å². The molecule has 2 aromatic rings. The molecule has 2 nitrogen and oxygen atoms in total. The summed E-state index contributed by atoms with van der Waals surface area (Å²) in [5.41, 5.74) is 3.93. The lowest BCUT2D eigenvalue weighted by Crippen LogP contribution is -2.31. The Hall–Kier alpha value is -1.35. The van der Waals surface area contributed by atoms with Crippen LogP contribution in [0.15, 0.2) is 24.3 Å². The summed E-state index contributed by atoms with van der Waals surface area (Å²) in [6.07, 6.45) is 1.11. The molecule has 0 aliphatic heterocycles. The van der Waals surface area contributed by atoms with E-state index in [9.17, 15) is 0 Å². The summed E-state index contributed by atoms with van der Waals surface area (Å²) in [7, 11) is 6.29. The highest BCUT2D eigenvalue weighted by atomic mass is 32.1. The molecule has 2 rings (SSSR count). The molecule has 0 N–H and O–H groups in total. The number of benzene rings is 1. The van der Waals surface area contributed by atoms with Crippen LogP contribution in [0.2, 0.25) is 0 Å². The van der Waals surface area contributed by atoms with E-state index in [-0.39, 0.29) is 0 Å². The Morgan fingerprint density at radius 1 is 1.17 bits per heavy atom. The Morgan fingerprint density at radius 3 is 2.22 bits per heavy atom. The molecule has 0 aliphatic carbocycles. The van der Waals surface area contributed by atoms with Crippen LogP contribution in [0.4, 0.5) is 5.69 Å². The van der Waals surface area contributed by atoms with Gasteiger partial charge in [0.2, 0.25) is 0 Å². The standard InChI is InChI=1S/C15H21N2S/c1-6-14-11(2)17(5)15(18-14)12-7-9-13(10-8-12)16(3)4/h7-10H,6H2,1-5H3/q+1. The van der Waals surface area contributed by atoms with Crippen LogP contribution in [0.3, 0.4) is 0 Å². The molecule has 1 heterocycles. The van der Waals surface area contributed by atoms with Crippen LogP contribution in [0.25, 0.3) is 10.6 Å². The lowest BCUT2D eigenvalue weighted by molar-refractivity contribution is -0.662.